The van der Waals surface area contributed by atoms with Crippen LogP contribution in [0.3, 0.4) is 0 Å². The molecule has 3 aliphatic carbocycles. The Kier molecular flexibility index (Phi) is 4.27. The van der Waals surface area contributed by atoms with E-state index in [2.05, 4.69) is 13.5 Å². The van der Waals surface area contributed by atoms with Crippen molar-refractivity contribution >= 4 is 0 Å². The second-order valence-electron chi connectivity index (χ2n) is 12.0. The van der Waals surface area contributed by atoms with Crippen LogP contribution in [0.4, 0.5) is 0 Å². The third kappa shape index (κ3) is 2.25. The van der Waals surface area contributed by atoms with Crippen LogP contribution in [0.25, 0.3) is 0 Å². The molecule has 3 aliphatic heterocycles. The summed E-state index contributed by atoms with van der Waals surface area (Å²) < 4.78 is 26.7. The molecule has 6 fully saturated rings. The molecule has 13 atom stereocenters. The van der Waals surface area contributed by atoms with E-state index in [0.29, 0.717) is 18.4 Å². The van der Waals surface area contributed by atoms with Gasteiger partial charge < -0.3 is 39.4 Å². The average Bonchev–Trinajstić information content (AvgIpc) is 3.48. The highest BCUT2D eigenvalue weighted by Crippen LogP contribution is 2.74. The van der Waals surface area contributed by atoms with Gasteiger partial charge in [-0.15, -0.1) is 0 Å². The molecule has 6 aliphatic rings. The summed E-state index contributed by atoms with van der Waals surface area (Å²) in [5.41, 5.74) is -3.76. The van der Waals surface area contributed by atoms with Crippen molar-refractivity contribution in [1.29, 1.82) is 0 Å². The number of ether oxygens (including phenoxy) is 4. The molecule has 0 amide bonds. The number of benzene rings is 1. The van der Waals surface area contributed by atoms with E-state index in [4.69, 9.17) is 18.9 Å². The molecular formula is C27H34O8. The fourth-order valence-electron chi connectivity index (χ4n) is 8.76. The SMILES string of the molecule is C=C(C)[C@]12C[C@@H](C)C34O[C@](c5ccccc5)(OC1C3[C@@H]1O[C@]1(CO)[C@@H](O)[C@@]1(O)C4C[C@H](C)[C@@H]1O)O2. The quantitative estimate of drug-likeness (QED) is 0.372. The second kappa shape index (κ2) is 6.55. The third-order valence-electron chi connectivity index (χ3n) is 10.4. The molecule has 0 aromatic heterocycles. The predicted octanol–water partition coefficient (Wildman–Crippen LogP) is 1.20. The number of aliphatic hydroxyl groups excluding tert-OH is 3. The Morgan fingerprint density at radius 3 is 2.46 bits per heavy atom. The van der Waals surface area contributed by atoms with Crippen molar-refractivity contribution in [2.45, 2.75) is 86.4 Å². The monoisotopic (exact) mass is 486 g/mol. The minimum atomic E-state index is -1.93. The summed E-state index contributed by atoms with van der Waals surface area (Å²) >= 11 is 0. The minimum absolute atomic E-state index is 0.158. The van der Waals surface area contributed by atoms with Crippen LogP contribution in [-0.2, 0) is 24.9 Å². The van der Waals surface area contributed by atoms with Gasteiger partial charge in [0.05, 0.1) is 18.3 Å². The first kappa shape index (κ1) is 22.8. The molecule has 7 rings (SSSR count). The molecule has 1 aromatic rings. The van der Waals surface area contributed by atoms with Gasteiger partial charge >= 0.3 is 5.97 Å². The largest absolute Gasteiger partial charge is 0.393 e. The number of rotatable bonds is 3. The van der Waals surface area contributed by atoms with E-state index >= 15 is 0 Å². The topological polar surface area (TPSA) is 121 Å². The summed E-state index contributed by atoms with van der Waals surface area (Å²) in [6, 6.07) is 9.48. The van der Waals surface area contributed by atoms with Crippen molar-refractivity contribution in [2.75, 3.05) is 6.61 Å². The first-order valence-corrected chi connectivity index (χ1v) is 12.7. The number of fused-ring (bicyclic) bond motifs is 3. The lowest BCUT2D eigenvalue weighted by Crippen LogP contribution is -2.72. The molecule has 35 heavy (non-hydrogen) atoms. The van der Waals surface area contributed by atoms with Gasteiger partial charge in [0.15, 0.2) is 0 Å². The van der Waals surface area contributed by atoms with Gasteiger partial charge in [-0.2, -0.15) is 0 Å². The van der Waals surface area contributed by atoms with Crippen LogP contribution in [0.1, 0.15) is 39.2 Å². The van der Waals surface area contributed by atoms with Gasteiger partial charge in [0, 0.05) is 17.4 Å². The summed E-state index contributed by atoms with van der Waals surface area (Å²) in [5.74, 6) is -3.07. The highest BCUT2D eigenvalue weighted by molar-refractivity contribution is 5.38. The molecule has 3 bridgehead atoms. The summed E-state index contributed by atoms with van der Waals surface area (Å²) in [6.07, 6.45) is -2.88. The fraction of sp³-hybridized carbons (Fsp3) is 0.704. The van der Waals surface area contributed by atoms with Gasteiger partial charge in [-0.05, 0) is 37.2 Å². The third-order valence-corrected chi connectivity index (χ3v) is 10.4. The zero-order valence-electron chi connectivity index (χ0n) is 20.3. The lowest BCUT2D eigenvalue weighted by Gasteiger charge is -2.60. The van der Waals surface area contributed by atoms with Crippen LogP contribution in [0.2, 0.25) is 0 Å². The summed E-state index contributed by atoms with van der Waals surface area (Å²) in [5, 5.41) is 45.6. The Bertz CT molecular complexity index is 1100. The molecule has 8 heteroatoms. The molecule has 4 N–H and O–H groups in total. The predicted molar refractivity (Wildman–Crippen MR) is 122 cm³/mol. The maximum Gasteiger partial charge on any atom is 0.313 e. The highest BCUT2D eigenvalue weighted by Gasteiger charge is 2.88. The van der Waals surface area contributed by atoms with E-state index in [0.717, 1.165) is 5.57 Å². The summed E-state index contributed by atoms with van der Waals surface area (Å²) in [6.45, 7) is 9.67. The summed E-state index contributed by atoms with van der Waals surface area (Å²) in [4.78, 5) is 0. The van der Waals surface area contributed by atoms with Gasteiger partial charge in [0.1, 0.15) is 35.1 Å². The second-order valence-corrected chi connectivity index (χ2v) is 12.0. The molecular weight excluding hydrogens is 452 g/mol. The van der Waals surface area contributed by atoms with Gasteiger partial charge in [0.2, 0.25) is 0 Å². The number of hydrogen-bond donors (Lipinski definition) is 4. The molecule has 0 radical (unpaired) electrons. The maximum absolute atomic E-state index is 12.2. The van der Waals surface area contributed by atoms with E-state index in [1.807, 2.05) is 44.2 Å². The number of hydrogen-bond acceptors (Lipinski definition) is 8. The first-order chi connectivity index (χ1) is 16.5. The van der Waals surface area contributed by atoms with E-state index < -0.39 is 71.2 Å². The Balaban J connectivity index is 1.51. The maximum atomic E-state index is 12.2. The standard InChI is InChI=1S/C27H34O8/c1-13(2)23-11-15(4)26-17-10-14(3)19(29)25(17,31)22(30)24(12-28)21(32-24)18(26)20(23)33-27(34-23,35-26)16-8-6-5-7-9-16/h5-9,14-15,17-22,28-31H,1,10-12H2,2-4H3/t14-,15+,17?,18?,19-,20?,21-,22+,23+,24-,25+,26?,27+/m0/s1. The fourth-order valence-corrected chi connectivity index (χ4v) is 8.76. The normalized spacial score (nSPS) is 59.4. The lowest BCUT2D eigenvalue weighted by atomic mass is 9.54. The van der Waals surface area contributed by atoms with Crippen LogP contribution in [0.5, 0.6) is 0 Å². The van der Waals surface area contributed by atoms with Crippen LogP contribution in [0, 0.1) is 23.7 Å². The number of epoxide rings is 1. The first-order valence-electron chi connectivity index (χ1n) is 12.7. The average molecular weight is 487 g/mol. The van der Waals surface area contributed by atoms with Crippen molar-refractivity contribution in [1.82, 2.24) is 0 Å². The summed E-state index contributed by atoms with van der Waals surface area (Å²) in [7, 11) is 0. The van der Waals surface area contributed by atoms with Crippen molar-refractivity contribution < 1.29 is 39.4 Å². The van der Waals surface area contributed by atoms with E-state index in [-0.39, 0.29) is 11.8 Å². The van der Waals surface area contributed by atoms with Crippen LogP contribution < -0.4 is 0 Å². The zero-order valence-corrected chi connectivity index (χ0v) is 20.3. The molecule has 3 heterocycles. The van der Waals surface area contributed by atoms with E-state index in [9.17, 15) is 20.4 Å². The van der Waals surface area contributed by atoms with Crippen molar-refractivity contribution in [2.24, 2.45) is 23.7 Å². The molecule has 0 spiro atoms. The zero-order chi connectivity index (χ0) is 24.8. The van der Waals surface area contributed by atoms with E-state index in [1.54, 1.807) is 0 Å². The molecule has 190 valence electrons. The smallest absolute Gasteiger partial charge is 0.313 e. The molecule has 3 saturated carbocycles. The van der Waals surface area contributed by atoms with Crippen molar-refractivity contribution in [3.63, 3.8) is 0 Å². The molecule has 8 nitrogen and oxygen atoms in total. The lowest BCUT2D eigenvalue weighted by molar-refractivity contribution is -0.443. The minimum Gasteiger partial charge on any atom is -0.393 e. The van der Waals surface area contributed by atoms with Crippen molar-refractivity contribution in [3.8, 4) is 0 Å². The van der Waals surface area contributed by atoms with Crippen LogP contribution in [0.15, 0.2) is 42.5 Å². The van der Waals surface area contributed by atoms with Crippen molar-refractivity contribution in [3.05, 3.63) is 48.0 Å². The van der Waals surface area contributed by atoms with Gasteiger partial charge in [-0.1, -0.05) is 50.8 Å². The Labute approximate surface area is 204 Å². The Hall–Kier alpha value is -1.36. The highest BCUT2D eigenvalue weighted by atomic mass is 16.9. The molecule has 4 unspecified atom stereocenters. The Morgan fingerprint density at radius 2 is 1.80 bits per heavy atom. The van der Waals surface area contributed by atoms with Crippen LogP contribution in [-0.4, -0.2) is 73.9 Å². The van der Waals surface area contributed by atoms with E-state index in [1.165, 1.54) is 0 Å². The molecule has 1 aromatic carbocycles. The van der Waals surface area contributed by atoms with Gasteiger partial charge in [0.25, 0.3) is 0 Å². The van der Waals surface area contributed by atoms with Gasteiger partial charge in [-0.25, -0.2) is 0 Å². The van der Waals surface area contributed by atoms with Crippen LogP contribution >= 0.6 is 0 Å². The van der Waals surface area contributed by atoms with Gasteiger partial charge in [-0.3, -0.25) is 0 Å². The Morgan fingerprint density at radius 1 is 1.09 bits per heavy atom. The number of aliphatic hydroxyl groups is 4. The molecule has 3 saturated heterocycles.